The second-order valence-corrected chi connectivity index (χ2v) is 7.85. The van der Waals surface area contributed by atoms with Crippen LogP contribution in [0.25, 0.3) is 0 Å². The van der Waals surface area contributed by atoms with E-state index in [-0.39, 0.29) is 6.04 Å². The average molecular weight is 312 g/mol. The van der Waals surface area contributed by atoms with E-state index in [1.54, 1.807) is 15.2 Å². The second-order valence-electron chi connectivity index (χ2n) is 5.96. The Bertz CT molecular complexity index is 598. The Morgan fingerprint density at radius 2 is 2.14 bits per heavy atom. The molecule has 0 N–H and O–H groups in total. The highest BCUT2D eigenvalue weighted by Gasteiger charge is 2.41. The van der Waals surface area contributed by atoms with Crippen LogP contribution in [0.2, 0.25) is 0 Å². The number of nitrogens with zero attached hydrogens (tertiary/aromatic N) is 4. The van der Waals surface area contributed by atoms with Crippen LogP contribution in [0.4, 0.5) is 0 Å². The van der Waals surface area contributed by atoms with Crippen LogP contribution >= 0.6 is 0 Å². The van der Waals surface area contributed by atoms with Gasteiger partial charge in [0.2, 0.25) is 10.0 Å². The van der Waals surface area contributed by atoms with E-state index in [0.717, 1.165) is 25.9 Å². The number of rotatable bonds is 4. The van der Waals surface area contributed by atoms with E-state index >= 15 is 0 Å². The van der Waals surface area contributed by atoms with Crippen LogP contribution in [0.5, 0.6) is 0 Å². The third-order valence-corrected chi connectivity index (χ3v) is 6.62. The summed E-state index contributed by atoms with van der Waals surface area (Å²) in [7, 11) is -3.43. The Kier molecular flexibility index (Phi) is 4.07. The molecule has 1 aromatic rings. The van der Waals surface area contributed by atoms with E-state index in [9.17, 15) is 8.42 Å². The van der Waals surface area contributed by atoms with Gasteiger partial charge in [-0.15, -0.1) is 0 Å². The van der Waals surface area contributed by atoms with Crippen molar-refractivity contribution in [3.8, 4) is 0 Å². The number of aryl methyl sites for hydroxylation is 1. The van der Waals surface area contributed by atoms with E-state index in [4.69, 9.17) is 0 Å². The Balaban J connectivity index is 1.88. The van der Waals surface area contributed by atoms with Gasteiger partial charge in [-0.2, -0.15) is 9.40 Å². The van der Waals surface area contributed by atoms with Crippen LogP contribution in [0.3, 0.4) is 0 Å². The Morgan fingerprint density at radius 3 is 2.81 bits per heavy atom. The second kappa shape index (κ2) is 5.70. The average Bonchev–Trinajstić information content (AvgIpc) is 3.14. The largest absolute Gasteiger partial charge is 0.297 e. The SMILES string of the molecule is CCC1CN2CCCC2CN1S(=O)(=O)c1cnn(CC)c1. The summed E-state index contributed by atoms with van der Waals surface area (Å²) in [6.07, 6.45) is 6.26. The molecule has 0 bridgehead atoms. The third-order valence-electron chi connectivity index (χ3n) is 4.75. The minimum absolute atomic E-state index is 0.0781. The van der Waals surface area contributed by atoms with Gasteiger partial charge in [0.25, 0.3) is 0 Å². The number of sulfonamides is 1. The van der Waals surface area contributed by atoms with Gasteiger partial charge >= 0.3 is 0 Å². The molecule has 2 unspecified atom stereocenters. The molecule has 3 rings (SSSR count). The summed E-state index contributed by atoms with van der Waals surface area (Å²) in [5.74, 6) is 0. The zero-order valence-electron chi connectivity index (χ0n) is 12.8. The minimum Gasteiger partial charge on any atom is -0.297 e. The van der Waals surface area contributed by atoms with Gasteiger partial charge in [0.15, 0.2) is 0 Å². The summed E-state index contributed by atoms with van der Waals surface area (Å²) in [6.45, 7) is 7.31. The van der Waals surface area contributed by atoms with Crippen molar-refractivity contribution >= 4 is 10.0 Å². The summed E-state index contributed by atoms with van der Waals surface area (Å²) in [6, 6.07) is 0.470. The Morgan fingerprint density at radius 1 is 1.33 bits per heavy atom. The maximum Gasteiger partial charge on any atom is 0.246 e. The molecule has 0 aliphatic carbocycles. The van der Waals surface area contributed by atoms with Crippen LogP contribution in [0.15, 0.2) is 17.3 Å². The monoisotopic (exact) mass is 312 g/mol. The maximum atomic E-state index is 12.9. The van der Waals surface area contributed by atoms with Gasteiger partial charge in [-0.05, 0) is 32.7 Å². The molecular formula is C14H24N4O2S. The molecule has 0 spiro atoms. The highest BCUT2D eigenvalue weighted by atomic mass is 32.2. The van der Waals surface area contributed by atoms with Crippen molar-refractivity contribution in [3.05, 3.63) is 12.4 Å². The smallest absolute Gasteiger partial charge is 0.246 e. The number of hydrogen-bond acceptors (Lipinski definition) is 4. The van der Waals surface area contributed by atoms with Crippen LogP contribution < -0.4 is 0 Å². The van der Waals surface area contributed by atoms with Crippen molar-refractivity contribution in [2.75, 3.05) is 19.6 Å². The maximum absolute atomic E-state index is 12.9. The first kappa shape index (κ1) is 15.0. The summed E-state index contributed by atoms with van der Waals surface area (Å²) in [5.41, 5.74) is 0. The topological polar surface area (TPSA) is 58.4 Å². The molecule has 2 atom stereocenters. The first-order valence-electron chi connectivity index (χ1n) is 7.84. The zero-order valence-corrected chi connectivity index (χ0v) is 13.6. The fraction of sp³-hybridized carbons (Fsp3) is 0.786. The Labute approximate surface area is 126 Å². The first-order valence-corrected chi connectivity index (χ1v) is 9.28. The van der Waals surface area contributed by atoms with E-state index in [1.807, 2.05) is 6.92 Å². The summed E-state index contributed by atoms with van der Waals surface area (Å²) < 4.78 is 29.2. The molecular weight excluding hydrogens is 288 g/mol. The van der Waals surface area contributed by atoms with Gasteiger partial charge in [0, 0.05) is 37.9 Å². The minimum atomic E-state index is -3.43. The van der Waals surface area contributed by atoms with E-state index in [1.165, 1.54) is 12.6 Å². The first-order chi connectivity index (χ1) is 10.1. The van der Waals surface area contributed by atoms with Crippen LogP contribution in [-0.2, 0) is 16.6 Å². The van der Waals surface area contributed by atoms with E-state index in [2.05, 4.69) is 16.9 Å². The fourth-order valence-electron chi connectivity index (χ4n) is 3.47. The molecule has 2 aliphatic heterocycles. The lowest BCUT2D eigenvalue weighted by Gasteiger charge is -2.42. The lowest BCUT2D eigenvalue weighted by Crippen LogP contribution is -2.57. The molecule has 6 nitrogen and oxygen atoms in total. The summed E-state index contributed by atoms with van der Waals surface area (Å²) in [5, 5.41) is 4.11. The van der Waals surface area contributed by atoms with Gasteiger partial charge in [0.1, 0.15) is 4.90 Å². The predicted octanol–water partition coefficient (Wildman–Crippen LogP) is 1.15. The molecule has 21 heavy (non-hydrogen) atoms. The van der Waals surface area contributed by atoms with Crippen molar-refractivity contribution in [2.45, 2.75) is 56.6 Å². The molecule has 0 saturated carbocycles. The molecule has 118 valence electrons. The van der Waals surface area contributed by atoms with Crippen molar-refractivity contribution < 1.29 is 8.42 Å². The van der Waals surface area contributed by atoms with Gasteiger partial charge in [-0.25, -0.2) is 8.42 Å². The number of piperazine rings is 1. The molecule has 2 fully saturated rings. The van der Waals surface area contributed by atoms with Crippen LogP contribution in [-0.4, -0.2) is 59.1 Å². The quantitative estimate of drug-likeness (QED) is 0.837. The van der Waals surface area contributed by atoms with Gasteiger partial charge < -0.3 is 0 Å². The summed E-state index contributed by atoms with van der Waals surface area (Å²) >= 11 is 0. The molecule has 0 radical (unpaired) electrons. The lowest BCUT2D eigenvalue weighted by molar-refractivity contribution is 0.106. The number of fused-ring (bicyclic) bond motifs is 1. The normalized spacial score (nSPS) is 27.9. The third kappa shape index (κ3) is 2.62. The van der Waals surface area contributed by atoms with Gasteiger partial charge in [-0.3, -0.25) is 9.58 Å². The fourth-order valence-corrected chi connectivity index (χ4v) is 5.16. The molecule has 1 aromatic heterocycles. The van der Waals surface area contributed by atoms with E-state index < -0.39 is 10.0 Å². The molecule has 0 aromatic carbocycles. The van der Waals surface area contributed by atoms with Crippen LogP contribution in [0, 0.1) is 0 Å². The Hall–Kier alpha value is -0.920. The van der Waals surface area contributed by atoms with Gasteiger partial charge in [0.05, 0.1) is 6.20 Å². The zero-order chi connectivity index (χ0) is 15.0. The standard InChI is InChI=1S/C14H24N4O2S/c1-3-12-9-16-7-5-6-13(16)10-18(12)21(19,20)14-8-15-17(4-2)11-14/h8,11-13H,3-7,9-10H2,1-2H3. The van der Waals surface area contributed by atoms with Crippen molar-refractivity contribution in [2.24, 2.45) is 0 Å². The predicted molar refractivity (Wildman–Crippen MR) is 80.5 cm³/mol. The van der Waals surface area contributed by atoms with Gasteiger partial charge in [-0.1, -0.05) is 6.92 Å². The number of aromatic nitrogens is 2. The van der Waals surface area contributed by atoms with Crippen molar-refractivity contribution in [3.63, 3.8) is 0 Å². The summed E-state index contributed by atoms with van der Waals surface area (Å²) in [4.78, 5) is 2.78. The van der Waals surface area contributed by atoms with E-state index in [0.29, 0.717) is 24.0 Å². The highest BCUT2D eigenvalue weighted by Crippen LogP contribution is 2.30. The van der Waals surface area contributed by atoms with Crippen LogP contribution in [0.1, 0.15) is 33.1 Å². The molecule has 7 heteroatoms. The van der Waals surface area contributed by atoms with Crippen molar-refractivity contribution in [1.29, 1.82) is 0 Å². The molecule has 3 heterocycles. The molecule has 2 aliphatic rings. The number of hydrogen-bond donors (Lipinski definition) is 0. The highest BCUT2D eigenvalue weighted by molar-refractivity contribution is 7.89. The molecule has 2 saturated heterocycles. The molecule has 0 amide bonds. The lowest BCUT2D eigenvalue weighted by atomic mass is 10.1. The van der Waals surface area contributed by atoms with Crippen molar-refractivity contribution in [1.82, 2.24) is 19.0 Å².